The van der Waals surface area contributed by atoms with Crippen LogP contribution >= 0.6 is 0 Å². The molecule has 3 atom stereocenters. The number of allylic oxidation sites excluding steroid dienone is 2. The second kappa shape index (κ2) is 5.80. The minimum atomic E-state index is -0.995. The largest absolute Gasteiger partial charge is 0.393 e. The maximum Gasteiger partial charge on any atom is 0.0972 e. The van der Waals surface area contributed by atoms with E-state index in [1.54, 1.807) is 6.92 Å². The third-order valence-corrected chi connectivity index (χ3v) is 3.16. The topological polar surface area (TPSA) is 52.5 Å². The van der Waals surface area contributed by atoms with Crippen molar-refractivity contribution in [3.05, 3.63) is 11.6 Å². The van der Waals surface area contributed by atoms with Gasteiger partial charge in [-0.15, -0.1) is 0 Å². The van der Waals surface area contributed by atoms with Crippen molar-refractivity contribution in [3.63, 3.8) is 0 Å². The van der Waals surface area contributed by atoms with E-state index >= 15 is 0 Å². The van der Waals surface area contributed by atoms with Gasteiger partial charge in [-0.2, -0.15) is 0 Å². The zero-order valence-electron chi connectivity index (χ0n) is 10.7. The van der Waals surface area contributed by atoms with E-state index < -0.39 is 5.60 Å². The second-order valence-electron chi connectivity index (χ2n) is 5.58. The molecule has 3 unspecified atom stereocenters. The summed E-state index contributed by atoms with van der Waals surface area (Å²) in [5.41, 5.74) is 0.477. The van der Waals surface area contributed by atoms with Gasteiger partial charge in [-0.3, -0.25) is 0 Å². The van der Waals surface area contributed by atoms with Gasteiger partial charge >= 0.3 is 0 Å². The lowest BCUT2D eigenvalue weighted by molar-refractivity contribution is 0.00209. The van der Waals surface area contributed by atoms with Gasteiger partial charge in [0.25, 0.3) is 0 Å². The maximum absolute atomic E-state index is 9.63. The lowest BCUT2D eigenvalue weighted by atomic mass is 9.83. The highest BCUT2D eigenvalue weighted by Crippen LogP contribution is 2.27. The molecule has 0 spiro atoms. The van der Waals surface area contributed by atoms with Crippen molar-refractivity contribution in [1.29, 1.82) is 0 Å². The molecule has 0 radical (unpaired) electrons. The van der Waals surface area contributed by atoms with Crippen molar-refractivity contribution in [2.45, 2.75) is 39.2 Å². The fraction of sp³-hybridized carbons (Fsp3) is 0.846. The molecule has 16 heavy (non-hydrogen) atoms. The first-order chi connectivity index (χ1) is 7.43. The van der Waals surface area contributed by atoms with Crippen molar-refractivity contribution in [2.24, 2.45) is 11.8 Å². The first-order valence-corrected chi connectivity index (χ1v) is 6.14. The van der Waals surface area contributed by atoms with Crippen molar-refractivity contribution < 1.29 is 10.2 Å². The van der Waals surface area contributed by atoms with Crippen LogP contribution in [0.3, 0.4) is 0 Å². The Balaban J connectivity index is 2.27. The van der Waals surface area contributed by atoms with Gasteiger partial charge in [0.15, 0.2) is 0 Å². The molecule has 0 aromatic carbocycles. The van der Waals surface area contributed by atoms with Crippen LogP contribution in [0.2, 0.25) is 0 Å². The summed E-state index contributed by atoms with van der Waals surface area (Å²) in [5.74, 6) is 1.33. The minimum Gasteiger partial charge on any atom is -0.393 e. The Morgan fingerprint density at radius 2 is 2.25 bits per heavy atom. The number of hydrogen-bond donors (Lipinski definition) is 3. The molecule has 0 amide bonds. The van der Waals surface area contributed by atoms with E-state index in [4.69, 9.17) is 5.11 Å². The molecule has 94 valence electrons. The molecular weight excluding hydrogens is 202 g/mol. The molecule has 0 aliphatic heterocycles. The maximum atomic E-state index is 9.63. The monoisotopic (exact) mass is 227 g/mol. The van der Waals surface area contributed by atoms with Gasteiger partial charge in [-0.05, 0) is 45.1 Å². The van der Waals surface area contributed by atoms with Crippen molar-refractivity contribution in [3.8, 4) is 0 Å². The molecule has 1 rings (SSSR count). The lowest BCUT2D eigenvalue weighted by Crippen LogP contribution is -2.42. The van der Waals surface area contributed by atoms with Gasteiger partial charge in [0.2, 0.25) is 0 Å². The Morgan fingerprint density at radius 3 is 2.81 bits per heavy atom. The summed E-state index contributed by atoms with van der Waals surface area (Å²) in [6.45, 7) is 7.27. The summed E-state index contributed by atoms with van der Waals surface area (Å²) in [6.07, 6.45) is 4.71. The minimum absolute atomic E-state index is 0.194. The van der Waals surface area contributed by atoms with Gasteiger partial charge in [0, 0.05) is 6.54 Å². The van der Waals surface area contributed by atoms with Crippen LogP contribution in [0, 0.1) is 11.8 Å². The Morgan fingerprint density at radius 1 is 1.56 bits per heavy atom. The molecule has 1 aliphatic carbocycles. The highest BCUT2D eigenvalue weighted by molar-refractivity contribution is 5.06. The van der Waals surface area contributed by atoms with E-state index in [-0.39, 0.29) is 6.61 Å². The summed E-state index contributed by atoms with van der Waals surface area (Å²) >= 11 is 0. The van der Waals surface area contributed by atoms with Gasteiger partial charge in [0.1, 0.15) is 0 Å². The van der Waals surface area contributed by atoms with Crippen LogP contribution in [0.4, 0.5) is 0 Å². The van der Waals surface area contributed by atoms with E-state index in [0.717, 1.165) is 13.0 Å². The predicted molar refractivity (Wildman–Crippen MR) is 66.2 cm³/mol. The summed E-state index contributed by atoms with van der Waals surface area (Å²) in [5, 5.41) is 21.8. The predicted octanol–water partition coefficient (Wildman–Crippen LogP) is 1.31. The van der Waals surface area contributed by atoms with Crippen molar-refractivity contribution in [2.75, 3.05) is 19.7 Å². The average Bonchev–Trinajstić information content (AvgIpc) is 2.16. The van der Waals surface area contributed by atoms with Crippen molar-refractivity contribution >= 4 is 0 Å². The molecule has 3 nitrogen and oxygen atoms in total. The van der Waals surface area contributed by atoms with Crippen LogP contribution in [0.15, 0.2) is 11.6 Å². The SMILES string of the molecule is CC1=CC(C)CC(CNCC(C)(O)CO)C1. The van der Waals surface area contributed by atoms with Gasteiger partial charge in [-0.1, -0.05) is 18.6 Å². The quantitative estimate of drug-likeness (QED) is 0.621. The molecule has 0 aromatic rings. The van der Waals surface area contributed by atoms with Crippen LogP contribution in [0.1, 0.15) is 33.6 Å². The van der Waals surface area contributed by atoms with E-state index in [0.29, 0.717) is 18.4 Å². The van der Waals surface area contributed by atoms with Crippen LogP contribution in [0.25, 0.3) is 0 Å². The summed E-state index contributed by atoms with van der Waals surface area (Å²) in [7, 11) is 0. The summed E-state index contributed by atoms with van der Waals surface area (Å²) in [6, 6.07) is 0. The zero-order valence-corrected chi connectivity index (χ0v) is 10.7. The summed E-state index contributed by atoms with van der Waals surface area (Å²) < 4.78 is 0. The van der Waals surface area contributed by atoms with Crippen LogP contribution in [0.5, 0.6) is 0 Å². The van der Waals surface area contributed by atoms with E-state index in [2.05, 4.69) is 25.2 Å². The molecule has 0 fully saturated rings. The Kier molecular flexibility index (Phi) is 4.96. The molecule has 0 aromatic heterocycles. The highest BCUT2D eigenvalue weighted by atomic mass is 16.3. The first-order valence-electron chi connectivity index (χ1n) is 6.14. The zero-order chi connectivity index (χ0) is 12.2. The van der Waals surface area contributed by atoms with Crippen LogP contribution in [-0.4, -0.2) is 35.5 Å². The fourth-order valence-electron chi connectivity index (χ4n) is 2.44. The lowest BCUT2D eigenvalue weighted by Gasteiger charge is -2.27. The molecule has 0 saturated carbocycles. The molecule has 0 saturated heterocycles. The normalized spacial score (nSPS) is 29.7. The summed E-state index contributed by atoms with van der Waals surface area (Å²) in [4.78, 5) is 0. The van der Waals surface area contributed by atoms with E-state index in [1.807, 2.05) is 0 Å². The number of aliphatic hydroxyl groups is 2. The molecular formula is C13H25NO2. The molecule has 1 aliphatic rings. The molecule has 0 bridgehead atoms. The Bertz CT molecular complexity index is 248. The third-order valence-electron chi connectivity index (χ3n) is 3.16. The third kappa shape index (κ3) is 4.64. The van der Waals surface area contributed by atoms with Crippen molar-refractivity contribution in [1.82, 2.24) is 5.32 Å². The van der Waals surface area contributed by atoms with Gasteiger partial charge < -0.3 is 15.5 Å². The molecule has 3 heteroatoms. The molecule has 3 N–H and O–H groups in total. The number of nitrogens with one attached hydrogen (secondary N) is 1. The standard InChI is InChI=1S/C13H25NO2/c1-10-4-11(2)6-12(5-10)7-14-8-13(3,16)9-15/h4,10,12,14-16H,5-9H2,1-3H3. The smallest absolute Gasteiger partial charge is 0.0972 e. The Hall–Kier alpha value is -0.380. The van der Waals surface area contributed by atoms with Gasteiger partial charge in [0.05, 0.1) is 12.2 Å². The fourth-order valence-corrected chi connectivity index (χ4v) is 2.44. The van der Waals surface area contributed by atoms with Crippen LogP contribution < -0.4 is 5.32 Å². The van der Waals surface area contributed by atoms with Gasteiger partial charge in [-0.25, -0.2) is 0 Å². The second-order valence-corrected chi connectivity index (χ2v) is 5.58. The van der Waals surface area contributed by atoms with E-state index in [1.165, 1.54) is 12.0 Å². The highest BCUT2D eigenvalue weighted by Gasteiger charge is 2.21. The first kappa shape index (κ1) is 13.7. The number of hydrogen-bond acceptors (Lipinski definition) is 3. The van der Waals surface area contributed by atoms with E-state index in [9.17, 15) is 5.11 Å². The average molecular weight is 227 g/mol. The number of rotatable bonds is 5. The number of aliphatic hydroxyl groups excluding tert-OH is 1. The Labute approximate surface area is 98.6 Å². The molecule has 0 heterocycles. The van der Waals surface area contributed by atoms with Crippen LogP contribution in [-0.2, 0) is 0 Å².